The summed E-state index contributed by atoms with van der Waals surface area (Å²) in [6, 6.07) is 34.2. The highest BCUT2D eigenvalue weighted by molar-refractivity contribution is 8.77. The molecule has 1 fully saturated rings. The number of rotatable bonds is 28. The first-order valence-corrected chi connectivity index (χ1v) is 30.6. The molecule has 0 radical (unpaired) electrons. The second-order valence-electron chi connectivity index (χ2n) is 20.2. The minimum atomic E-state index is -0.201. The molecule has 1 atom stereocenters. The van der Waals surface area contributed by atoms with Crippen LogP contribution < -0.4 is 0 Å². The van der Waals surface area contributed by atoms with Crippen molar-refractivity contribution in [3.8, 4) is 0 Å². The van der Waals surface area contributed by atoms with Crippen LogP contribution in [-0.2, 0) is 19.1 Å². The second-order valence-corrected chi connectivity index (χ2v) is 23.2. The second kappa shape index (κ2) is 35.4. The molecule has 8 heteroatoms. The minimum absolute atomic E-state index is 0.0819. The van der Waals surface area contributed by atoms with Crippen molar-refractivity contribution in [1.82, 2.24) is 9.80 Å². The van der Waals surface area contributed by atoms with Gasteiger partial charge in [-0.25, -0.2) is 0 Å². The molecule has 7 rings (SSSR count). The number of esters is 2. The zero-order chi connectivity index (χ0) is 54.9. The lowest BCUT2D eigenvalue weighted by Gasteiger charge is -2.21. The zero-order valence-electron chi connectivity index (χ0n) is 46.9. The standard InChI is InChI=1S/C41H49NO2.C29H35NO2S2/c1-3-4-5-6-7-8-9-10-11-12-13-14-15-16-17-18-19-20-31-41(43)44-35-42(2)34-25-30-40-38-28-23-21-26-36(38)32-33-37-27-22-24-29-39(37)40;1-29(19-21-33-34-29)18-8-7-15-28(31)32-22-30(2)20-9-14-27-25-12-5-3-10-23(25)16-17-24-11-4-6-13-26(24)27/h4-5,7-8,10-11,13-14,16-17,19-24,26-30,32-33H,3,6,9,12,15,18,25,31,34-35H2,1-2H3;3-6,10-14,16-17H,7-9,15,18-22H2,1-2H3/b5-4-,8-7-,11-10-,14-13-,17-16-,20-19-;/t;29-/m.1/s1. The molecule has 0 spiro atoms. The summed E-state index contributed by atoms with van der Waals surface area (Å²) in [5.41, 5.74) is 12.5. The number of hydrogen-bond donors (Lipinski definition) is 0. The van der Waals surface area contributed by atoms with E-state index in [9.17, 15) is 9.59 Å². The molecular formula is C70H84N2O4S2. The van der Waals surface area contributed by atoms with E-state index in [1.807, 2.05) is 52.7 Å². The Bertz CT molecular complexity index is 2700. The van der Waals surface area contributed by atoms with Gasteiger partial charge in [-0.3, -0.25) is 19.4 Å². The first kappa shape index (κ1) is 61.1. The summed E-state index contributed by atoms with van der Waals surface area (Å²) in [5, 5.41) is 0. The number of nitrogens with zero attached hydrogens (tertiary/aromatic N) is 2. The van der Waals surface area contributed by atoms with Gasteiger partial charge in [-0.15, -0.1) is 0 Å². The van der Waals surface area contributed by atoms with Gasteiger partial charge < -0.3 is 9.47 Å². The molecule has 1 aliphatic heterocycles. The van der Waals surface area contributed by atoms with Gasteiger partial charge in [-0.2, -0.15) is 0 Å². The SMILES string of the molecule is CC/C=C\C/C=C\C/C=C\C/C=C\C/C=C\C/C=C\CC(=O)OCN(C)CCC=C1c2ccccc2C=Cc2ccccc21.CN(CCC=C1c2ccccc2C=Cc2ccccc21)COC(=O)CCCC[C@]1(C)CCSS1. The highest BCUT2D eigenvalue weighted by Crippen LogP contribution is 2.49. The van der Waals surface area contributed by atoms with Crippen LogP contribution in [0.2, 0.25) is 0 Å². The van der Waals surface area contributed by atoms with E-state index < -0.39 is 0 Å². The predicted octanol–water partition coefficient (Wildman–Crippen LogP) is 18.0. The average molecular weight is 1080 g/mol. The van der Waals surface area contributed by atoms with Crippen LogP contribution in [0, 0.1) is 0 Å². The number of hydrogen-bond acceptors (Lipinski definition) is 8. The van der Waals surface area contributed by atoms with Gasteiger partial charge >= 0.3 is 11.9 Å². The Kier molecular flexibility index (Phi) is 27.7. The first-order valence-electron chi connectivity index (χ1n) is 28.3. The molecular weight excluding hydrogens is 997 g/mol. The highest BCUT2D eigenvalue weighted by atomic mass is 33.1. The molecule has 1 saturated heterocycles. The molecule has 0 saturated carbocycles. The van der Waals surface area contributed by atoms with Crippen molar-refractivity contribution < 1.29 is 19.1 Å². The molecule has 0 unspecified atom stereocenters. The number of unbranched alkanes of at least 4 members (excludes halogenated alkanes) is 1. The van der Waals surface area contributed by atoms with Gasteiger partial charge in [0, 0.05) is 30.0 Å². The third-order valence-electron chi connectivity index (χ3n) is 13.7. The quantitative estimate of drug-likeness (QED) is 0.0158. The molecule has 410 valence electrons. The van der Waals surface area contributed by atoms with E-state index in [2.05, 4.69) is 213 Å². The van der Waals surface area contributed by atoms with E-state index >= 15 is 0 Å². The number of ether oxygens (including phenoxy) is 2. The Morgan fingerprint density at radius 2 is 0.910 bits per heavy atom. The summed E-state index contributed by atoms with van der Waals surface area (Å²) in [6.45, 7) is 6.78. The van der Waals surface area contributed by atoms with Crippen LogP contribution in [-0.4, -0.2) is 72.9 Å². The highest BCUT2D eigenvalue weighted by Gasteiger charge is 2.29. The van der Waals surface area contributed by atoms with Gasteiger partial charge in [0.25, 0.3) is 0 Å². The third-order valence-corrected chi connectivity index (χ3v) is 17.1. The normalized spacial score (nSPS) is 15.8. The topological polar surface area (TPSA) is 59.1 Å². The monoisotopic (exact) mass is 1080 g/mol. The molecule has 2 aliphatic carbocycles. The Labute approximate surface area is 476 Å². The summed E-state index contributed by atoms with van der Waals surface area (Å²) in [5.74, 6) is 0.969. The van der Waals surface area contributed by atoms with Crippen molar-refractivity contribution in [3.63, 3.8) is 0 Å². The van der Waals surface area contributed by atoms with Crippen molar-refractivity contribution in [2.24, 2.45) is 0 Å². The van der Waals surface area contributed by atoms with Gasteiger partial charge in [-0.05, 0) is 147 Å². The molecule has 0 aromatic heterocycles. The van der Waals surface area contributed by atoms with Crippen LogP contribution in [0.25, 0.3) is 35.5 Å². The van der Waals surface area contributed by atoms with E-state index in [0.717, 1.165) is 77.3 Å². The lowest BCUT2D eigenvalue weighted by Crippen LogP contribution is -2.24. The van der Waals surface area contributed by atoms with Crippen molar-refractivity contribution >= 4 is 69.0 Å². The van der Waals surface area contributed by atoms with E-state index in [1.165, 1.54) is 74.2 Å². The predicted molar refractivity (Wildman–Crippen MR) is 339 cm³/mol. The van der Waals surface area contributed by atoms with Crippen LogP contribution in [0.15, 0.2) is 182 Å². The fraction of sp³-hybridized carbons (Fsp3) is 0.343. The molecule has 1 heterocycles. The van der Waals surface area contributed by atoms with Gasteiger partial charge in [-0.1, -0.05) is 241 Å². The van der Waals surface area contributed by atoms with Gasteiger partial charge in [0.15, 0.2) is 0 Å². The van der Waals surface area contributed by atoms with Crippen LogP contribution in [0.4, 0.5) is 0 Å². The molecule has 3 aliphatic rings. The zero-order valence-corrected chi connectivity index (χ0v) is 48.5. The van der Waals surface area contributed by atoms with Crippen molar-refractivity contribution in [1.29, 1.82) is 0 Å². The fourth-order valence-corrected chi connectivity index (χ4v) is 12.5. The number of carbonyl (C=O) groups excluding carboxylic acids is 2. The van der Waals surface area contributed by atoms with Crippen molar-refractivity contribution in [2.75, 3.05) is 46.4 Å². The van der Waals surface area contributed by atoms with E-state index in [-0.39, 0.29) is 11.9 Å². The van der Waals surface area contributed by atoms with E-state index in [0.29, 0.717) is 31.1 Å². The maximum Gasteiger partial charge on any atom is 0.310 e. The molecule has 6 nitrogen and oxygen atoms in total. The maximum absolute atomic E-state index is 12.2. The number of fused-ring (bicyclic) bond motifs is 4. The summed E-state index contributed by atoms with van der Waals surface area (Å²) in [4.78, 5) is 28.5. The summed E-state index contributed by atoms with van der Waals surface area (Å²) < 4.78 is 11.4. The van der Waals surface area contributed by atoms with Crippen molar-refractivity contribution in [3.05, 3.63) is 227 Å². The first-order chi connectivity index (χ1) is 38.2. The van der Waals surface area contributed by atoms with E-state index in [4.69, 9.17) is 9.47 Å². The van der Waals surface area contributed by atoms with Gasteiger partial charge in [0.1, 0.15) is 13.5 Å². The van der Waals surface area contributed by atoms with Crippen LogP contribution >= 0.6 is 21.6 Å². The lowest BCUT2D eigenvalue weighted by molar-refractivity contribution is -0.148. The number of carbonyl (C=O) groups is 2. The molecule has 4 aromatic rings. The summed E-state index contributed by atoms with van der Waals surface area (Å²) in [7, 11) is 7.99. The Hall–Kier alpha value is -6.16. The minimum Gasteiger partial charge on any atom is -0.449 e. The molecule has 0 N–H and O–H groups in total. The van der Waals surface area contributed by atoms with Crippen LogP contribution in [0.5, 0.6) is 0 Å². The Balaban J connectivity index is 0.000000260. The number of benzene rings is 4. The van der Waals surface area contributed by atoms with Gasteiger partial charge in [0.05, 0.1) is 6.42 Å². The van der Waals surface area contributed by atoms with Crippen LogP contribution in [0.1, 0.15) is 148 Å². The average Bonchev–Trinajstić information content (AvgIpc) is 3.83. The Morgan fingerprint density at radius 3 is 1.31 bits per heavy atom. The Morgan fingerprint density at radius 1 is 0.526 bits per heavy atom. The van der Waals surface area contributed by atoms with Crippen LogP contribution in [0.3, 0.4) is 0 Å². The molecule has 4 aromatic carbocycles. The maximum atomic E-state index is 12.2. The van der Waals surface area contributed by atoms with Gasteiger partial charge in [0.2, 0.25) is 0 Å². The fourth-order valence-electron chi connectivity index (χ4n) is 9.24. The van der Waals surface area contributed by atoms with Crippen molar-refractivity contribution in [2.45, 2.75) is 108 Å². The largest absolute Gasteiger partial charge is 0.449 e. The molecule has 0 bridgehead atoms. The summed E-state index contributed by atoms with van der Waals surface area (Å²) in [6.07, 6.45) is 52.1. The summed E-state index contributed by atoms with van der Waals surface area (Å²) >= 11 is 0. The molecule has 0 amide bonds. The molecule has 78 heavy (non-hydrogen) atoms. The smallest absolute Gasteiger partial charge is 0.310 e. The third kappa shape index (κ3) is 21.9. The van der Waals surface area contributed by atoms with E-state index in [1.54, 1.807) is 0 Å². The number of allylic oxidation sites excluding steroid dienone is 11. The lowest BCUT2D eigenvalue weighted by atomic mass is 9.93.